The fourth-order valence-corrected chi connectivity index (χ4v) is 9.12. The summed E-state index contributed by atoms with van der Waals surface area (Å²) < 4.78 is 139. The Hall–Kier alpha value is -5.38. The van der Waals surface area contributed by atoms with Gasteiger partial charge in [0.25, 0.3) is 0 Å². The van der Waals surface area contributed by atoms with Crippen LogP contribution in [0.15, 0.2) is 182 Å². The Kier molecular flexibility index (Phi) is 19.7. The van der Waals surface area contributed by atoms with Gasteiger partial charge in [0, 0.05) is 7.11 Å². The summed E-state index contributed by atoms with van der Waals surface area (Å²) in [6.45, 7) is -0.567. The van der Waals surface area contributed by atoms with E-state index in [4.69, 9.17) is 51.6 Å². The van der Waals surface area contributed by atoms with Gasteiger partial charge in [0.05, 0.1) is 52.9 Å². The van der Waals surface area contributed by atoms with Gasteiger partial charge in [-0.2, -0.15) is 21.6 Å². The van der Waals surface area contributed by atoms with Crippen LogP contribution in [0.5, 0.6) is 0 Å². The highest BCUT2D eigenvalue weighted by atomic mass is 32.2. The molecule has 0 radical (unpaired) electrons. The van der Waals surface area contributed by atoms with Crippen LogP contribution in [0.3, 0.4) is 0 Å². The molecule has 2 aliphatic heterocycles. The van der Waals surface area contributed by atoms with Crippen LogP contribution in [0, 0.1) is 0 Å². The Morgan fingerprint density at radius 2 is 0.712 bits per heavy atom. The molecule has 2 heterocycles. The van der Waals surface area contributed by atoms with E-state index in [1.165, 1.54) is 7.11 Å². The van der Waals surface area contributed by atoms with Gasteiger partial charge in [-0.05, 0) is 33.4 Å². The van der Waals surface area contributed by atoms with E-state index in [0.29, 0.717) is 11.1 Å². The summed E-state index contributed by atoms with van der Waals surface area (Å²) in [6.07, 6.45) is -12.6. The highest BCUT2D eigenvalue weighted by molar-refractivity contribution is 7.87. The van der Waals surface area contributed by atoms with Crippen LogP contribution in [0.4, 0.5) is 13.2 Å². The first-order valence-corrected chi connectivity index (χ1v) is 25.3. The zero-order valence-electron chi connectivity index (χ0n) is 40.1. The number of rotatable bonds is 25. The molecule has 0 aromatic heterocycles. The minimum Gasteiger partial charge on any atom is -0.374 e. The van der Waals surface area contributed by atoms with Crippen molar-refractivity contribution in [3.63, 3.8) is 0 Å². The summed E-state index contributed by atoms with van der Waals surface area (Å²) in [4.78, 5) is 0. The van der Waals surface area contributed by atoms with Crippen LogP contribution in [0.2, 0.25) is 0 Å². The number of methoxy groups -OCH3 is 1. The monoisotopic (exact) mass is 1030 g/mol. The van der Waals surface area contributed by atoms with Crippen molar-refractivity contribution in [2.45, 2.75) is 107 Å². The lowest BCUT2D eigenvalue weighted by Crippen LogP contribution is -2.64. The molecule has 0 aliphatic carbocycles. The number of hydrogen-bond acceptors (Lipinski definition) is 13. The molecule has 388 valence electrons. The third-order valence-electron chi connectivity index (χ3n) is 12.2. The third-order valence-corrected chi connectivity index (χ3v) is 13.2. The Labute approximate surface area is 424 Å². The average Bonchev–Trinajstić information content (AvgIpc) is 3.41. The molecule has 2 aliphatic rings. The maximum atomic E-state index is 14.3. The molecule has 0 unspecified atom stereocenters. The van der Waals surface area contributed by atoms with Crippen molar-refractivity contribution in [1.82, 2.24) is 0 Å². The van der Waals surface area contributed by atoms with E-state index in [2.05, 4.69) is 0 Å². The SMILES string of the molecule is CO[C@H]1O[C@H](CO[C@H]2O[C@H](COCc3ccccc3)[C@H](OS(=O)(=O)C(F)(F)F)[C@H](OCc3ccccc3)[C@H]2OCc2ccccc2)[C@@H](OCc2ccccc2)[C@H](OCc2ccccc2)[C@H]1OCc1ccccc1. The normalized spacial score (nSPS) is 24.5. The van der Waals surface area contributed by atoms with Crippen molar-refractivity contribution in [2.75, 3.05) is 20.3 Å². The lowest BCUT2D eigenvalue weighted by Gasteiger charge is -2.47. The van der Waals surface area contributed by atoms with E-state index in [0.717, 1.165) is 22.3 Å². The second-order valence-corrected chi connectivity index (χ2v) is 19.0. The standard InChI is InChI=1S/C56H59F3O13S/c1-62-54-52(67-36-44-28-16-6-17-29-44)50(65-34-42-24-12-4-13-25-42)48(64-33-41-22-10-3-11-23-41)47(70-54)39-69-55-53(68-37-45-30-18-7-19-31-45)51(66-35-43-26-14-5-15-27-43)49(72-73(60,61)56(57,58)59)46(71-55)38-63-32-40-20-8-2-9-21-40/h2-31,46-55H,32-39H2,1H3/t46-,47-,48-,49+,50+,51+,52-,53-,54+,55+/m1/s1. The van der Waals surface area contributed by atoms with E-state index >= 15 is 0 Å². The van der Waals surface area contributed by atoms with Gasteiger partial charge in [0.2, 0.25) is 0 Å². The fourth-order valence-electron chi connectivity index (χ4n) is 8.49. The summed E-state index contributed by atoms with van der Waals surface area (Å²) in [7, 11) is -4.77. The van der Waals surface area contributed by atoms with Gasteiger partial charge in [-0.25, -0.2) is 0 Å². The quantitative estimate of drug-likeness (QED) is 0.0398. The molecule has 0 amide bonds. The van der Waals surface area contributed by atoms with Crippen molar-refractivity contribution in [1.29, 1.82) is 0 Å². The van der Waals surface area contributed by atoms with Gasteiger partial charge in [-0.15, -0.1) is 0 Å². The number of ether oxygens (including phenoxy) is 10. The molecular formula is C56H59F3O13S. The summed E-state index contributed by atoms with van der Waals surface area (Å²) in [6, 6.07) is 55.7. The first-order valence-electron chi connectivity index (χ1n) is 23.9. The van der Waals surface area contributed by atoms with E-state index in [1.807, 2.05) is 103 Å². The lowest BCUT2D eigenvalue weighted by atomic mass is 9.97. The molecule has 0 bridgehead atoms. The minimum atomic E-state index is -6.25. The summed E-state index contributed by atoms with van der Waals surface area (Å²) in [5, 5.41) is 0. The Morgan fingerprint density at radius 3 is 1.10 bits per heavy atom. The van der Waals surface area contributed by atoms with Gasteiger partial charge >= 0.3 is 15.6 Å². The van der Waals surface area contributed by atoms with Gasteiger partial charge in [-0.3, -0.25) is 4.18 Å². The number of hydrogen-bond donors (Lipinski definition) is 0. The molecule has 0 N–H and O–H groups in total. The number of benzene rings is 6. The molecule has 73 heavy (non-hydrogen) atoms. The molecule has 13 nitrogen and oxygen atoms in total. The molecule has 10 atom stereocenters. The van der Waals surface area contributed by atoms with Crippen LogP contribution >= 0.6 is 0 Å². The van der Waals surface area contributed by atoms with Crippen LogP contribution in [-0.2, 0) is 101 Å². The number of alkyl halides is 3. The van der Waals surface area contributed by atoms with Gasteiger partial charge in [-0.1, -0.05) is 182 Å². The largest absolute Gasteiger partial charge is 0.523 e. The smallest absolute Gasteiger partial charge is 0.374 e. The van der Waals surface area contributed by atoms with Gasteiger partial charge in [0.1, 0.15) is 48.8 Å². The predicted molar refractivity (Wildman–Crippen MR) is 261 cm³/mol. The van der Waals surface area contributed by atoms with Crippen LogP contribution in [0.1, 0.15) is 33.4 Å². The minimum absolute atomic E-state index is 0.00106. The molecule has 6 aromatic carbocycles. The zero-order valence-corrected chi connectivity index (χ0v) is 40.9. The summed E-state index contributed by atoms with van der Waals surface area (Å²) in [5.41, 5.74) is -1.09. The third kappa shape index (κ3) is 15.4. The molecule has 2 saturated heterocycles. The van der Waals surface area contributed by atoms with Crippen molar-refractivity contribution in [2.24, 2.45) is 0 Å². The molecular weight excluding hydrogens is 970 g/mol. The predicted octanol–water partition coefficient (Wildman–Crippen LogP) is 9.48. The summed E-state index contributed by atoms with van der Waals surface area (Å²) >= 11 is 0. The van der Waals surface area contributed by atoms with Gasteiger partial charge in [0.15, 0.2) is 12.6 Å². The van der Waals surface area contributed by atoms with Crippen LogP contribution in [0.25, 0.3) is 0 Å². The van der Waals surface area contributed by atoms with E-state index in [1.54, 1.807) is 78.9 Å². The van der Waals surface area contributed by atoms with Crippen LogP contribution in [-0.4, -0.2) is 95.7 Å². The van der Waals surface area contributed by atoms with E-state index < -0.39 is 83.6 Å². The molecule has 0 spiro atoms. The molecule has 2 fully saturated rings. The van der Waals surface area contributed by atoms with Crippen LogP contribution < -0.4 is 0 Å². The van der Waals surface area contributed by atoms with E-state index in [9.17, 15) is 21.6 Å². The Balaban J connectivity index is 1.15. The zero-order chi connectivity index (χ0) is 50.9. The Bertz CT molecular complexity index is 2610. The maximum Gasteiger partial charge on any atom is 0.523 e. The van der Waals surface area contributed by atoms with Crippen molar-refractivity contribution in [3.8, 4) is 0 Å². The molecule has 8 rings (SSSR count). The highest BCUT2D eigenvalue weighted by Crippen LogP contribution is 2.37. The van der Waals surface area contributed by atoms with Crippen molar-refractivity contribution < 1.29 is 73.1 Å². The van der Waals surface area contributed by atoms with Crippen molar-refractivity contribution >= 4 is 10.1 Å². The first kappa shape index (κ1) is 53.9. The maximum absolute atomic E-state index is 14.3. The summed E-state index contributed by atoms with van der Waals surface area (Å²) in [5.74, 6) is 0. The molecule has 0 saturated carbocycles. The average molecular weight is 1030 g/mol. The molecule has 17 heteroatoms. The fraction of sp³-hybridized carbons (Fsp3) is 0.357. The van der Waals surface area contributed by atoms with E-state index in [-0.39, 0.29) is 46.2 Å². The Morgan fingerprint density at radius 1 is 0.397 bits per heavy atom. The first-order chi connectivity index (χ1) is 35.5. The highest BCUT2D eigenvalue weighted by Gasteiger charge is 2.56. The van der Waals surface area contributed by atoms with Gasteiger partial charge < -0.3 is 47.4 Å². The van der Waals surface area contributed by atoms with Crippen molar-refractivity contribution in [3.05, 3.63) is 215 Å². The topological polar surface area (TPSA) is 136 Å². The number of halogens is 3. The second kappa shape index (κ2) is 26.7. The lowest BCUT2D eigenvalue weighted by molar-refractivity contribution is -0.347. The molecule has 6 aromatic rings. The second-order valence-electron chi connectivity index (χ2n) is 17.4.